The Bertz CT molecular complexity index is 4140. The van der Waals surface area contributed by atoms with Crippen molar-refractivity contribution >= 4 is 106 Å². The number of rotatable bonds is 5. The van der Waals surface area contributed by atoms with Gasteiger partial charge in [-0.1, -0.05) is 184 Å². The summed E-state index contributed by atoms with van der Waals surface area (Å²) in [5.74, 6) is 0. The molecule has 418 valence electrons. The van der Waals surface area contributed by atoms with Crippen molar-refractivity contribution < 1.29 is 4.11 Å². The molecule has 0 bridgehead atoms. The quantitative estimate of drug-likeness (QED) is 0.159. The molecule has 3 heterocycles. The molecule has 2 aliphatic carbocycles. The van der Waals surface area contributed by atoms with E-state index in [0.717, 1.165) is 82.3 Å². The Kier molecular flexibility index (Phi) is 11.4. The average molecular weight is 1100 g/mol. The van der Waals surface area contributed by atoms with E-state index in [1.54, 1.807) is 0 Å². The summed E-state index contributed by atoms with van der Waals surface area (Å²) < 4.78 is 30.8. The van der Waals surface area contributed by atoms with Gasteiger partial charge in [0.2, 0.25) is 0 Å². The summed E-state index contributed by atoms with van der Waals surface area (Å²) in [7, 11) is 0. The fraction of sp³-hybridized carbons (Fsp3) is 0.377. The predicted octanol–water partition coefficient (Wildman–Crippen LogP) is 20.5. The van der Waals surface area contributed by atoms with E-state index in [9.17, 15) is 4.11 Å². The Balaban J connectivity index is 1.16. The van der Waals surface area contributed by atoms with Crippen LogP contribution in [0.25, 0.3) is 20.2 Å². The number of aryl methyl sites for hydroxylation is 1. The normalized spacial score (nSPS) is 18.2. The highest BCUT2D eigenvalue weighted by Gasteiger charge is 2.48. The Morgan fingerprint density at radius 1 is 0.439 bits per heavy atom. The maximum Gasteiger partial charge on any atom is 0.252 e. The molecule has 0 atom stereocenters. The molecule has 5 heteroatoms. The third kappa shape index (κ3) is 8.70. The van der Waals surface area contributed by atoms with Gasteiger partial charge in [-0.2, -0.15) is 0 Å². The highest BCUT2D eigenvalue weighted by molar-refractivity contribution is 7.26. The van der Waals surface area contributed by atoms with E-state index in [1.165, 1.54) is 70.0 Å². The summed E-state index contributed by atoms with van der Waals surface area (Å²) in [6.45, 7) is 37.2. The van der Waals surface area contributed by atoms with Gasteiger partial charge in [0.25, 0.3) is 6.71 Å². The molecule has 1 aromatic heterocycles. The molecule has 0 saturated carbocycles. The van der Waals surface area contributed by atoms with Crippen LogP contribution in [0.1, 0.15) is 192 Å². The van der Waals surface area contributed by atoms with E-state index in [-0.39, 0.29) is 44.6 Å². The molecule has 0 fully saturated rings. The van der Waals surface area contributed by atoms with Gasteiger partial charge >= 0.3 is 0 Å². The minimum absolute atomic E-state index is 0.0186. The van der Waals surface area contributed by atoms with Gasteiger partial charge in [-0.3, -0.25) is 0 Å². The largest absolute Gasteiger partial charge is 0.311 e. The first kappa shape index (κ1) is 51.1. The van der Waals surface area contributed by atoms with Gasteiger partial charge in [0, 0.05) is 65.1 Å². The minimum Gasteiger partial charge on any atom is -0.311 e. The number of hydrogen-bond acceptors (Lipinski definition) is 4. The molecule has 0 spiro atoms. The number of hydrogen-bond donors (Lipinski definition) is 0. The molecule has 0 amide bonds. The lowest BCUT2D eigenvalue weighted by Crippen LogP contribution is -2.62. The zero-order valence-corrected chi connectivity index (χ0v) is 52.8. The van der Waals surface area contributed by atoms with Crippen molar-refractivity contribution in [2.24, 2.45) is 0 Å². The van der Waals surface area contributed by atoms with E-state index in [2.05, 4.69) is 266 Å². The Labute approximate surface area is 500 Å². The molecular weight excluding hydrogens is 1010 g/mol. The van der Waals surface area contributed by atoms with E-state index >= 15 is 0 Å². The monoisotopic (exact) mass is 1100 g/mol. The van der Waals surface area contributed by atoms with Gasteiger partial charge < -0.3 is 14.7 Å². The zero-order chi connectivity index (χ0) is 60.7. The molecule has 82 heavy (non-hydrogen) atoms. The number of nitrogens with zero attached hydrogens (tertiary/aromatic N) is 3. The summed E-state index contributed by atoms with van der Waals surface area (Å²) in [6.07, 6.45) is 4.38. The van der Waals surface area contributed by atoms with Gasteiger partial charge in [-0.15, -0.1) is 11.3 Å². The Morgan fingerprint density at radius 2 is 0.951 bits per heavy atom. The molecule has 4 aliphatic rings. The summed E-state index contributed by atoms with van der Waals surface area (Å²) in [5, 5.41) is 2.43. The van der Waals surface area contributed by atoms with Crippen LogP contribution in [-0.4, -0.2) is 6.71 Å². The molecule has 8 aromatic carbocycles. The van der Waals surface area contributed by atoms with Crippen molar-refractivity contribution in [3.05, 3.63) is 190 Å². The van der Waals surface area contributed by atoms with Gasteiger partial charge in [0.1, 0.15) is 0 Å². The summed E-state index contributed by atoms with van der Waals surface area (Å²) in [5.41, 5.74) is 22.4. The van der Waals surface area contributed by atoms with E-state index in [0.29, 0.717) is 5.56 Å². The molecule has 0 radical (unpaired) electrons. The van der Waals surface area contributed by atoms with Crippen LogP contribution in [0.4, 0.5) is 51.2 Å². The van der Waals surface area contributed by atoms with Gasteiger partial charge in [0.15, 0.2) is 0 Å². The van der Waals surface area contributed by atoms with Crippen LogP contribution in [0.3, 0.4) is 0 Å². The summed E-state index contributed by atoms with van der Waals surface area (Å²) in [4.78, 5) is 7.38. The Morgan fingerprint density at radius 3 is 1.52 bits per heavy atom. The fourth-order valence-electron chi connectivity index (χ4n) is 14.5. The topological polar surface area (TPSA) is 9.72 Å². The molecule has 2 aliphatic heterocycles. The van der Waals surface area contributed by atoms with Crippen molar-refractivity contribution in [3.63, 3.8) is 0 Å². The van der Waals surface area contributed by atoms with Gasteiger partial charge in [-0.25, -0.2) is 0 Å². The maximum absolute atomic E-state index is 9.46. The number of benzene rings is 8. The summed E-state index contributed by atoms with van der Waals surface area (Å²) >= 11 is 1.85. The standard InChI is InChI=1S/C77H86BN3S/c1-47-40-66-69-67(41-47)81(63-21-19-20-56-55-33-26-50(73(8,9)10)42-68(55)82-70(56)63)64-44-54(79(51-27-22-48(23-28-51)71(2,3)4)52-29-24-49(25-30-52)72(5,6)7)32-35-61(64)78(69)62-45-59-60(77(17,18)39-38-76(59,15)16)46-65(62)80(66)53-31-34-57-58(43-53)75(13,14)37-36-74(57,11)12/h19-35,40-46H,36-39H2,1-18H3/i1D3. The third-order valence-electron chi connectivity index (χ3n) is 19.9. The first-order chi connectivity index (χ1) is 39.6. The van der Waals surface area contributed by atoms with Crippen molar-refractivity contribution in [3.8, 4) is 0 Å². The maximum atomic E-state index is 9.46. The van der Waals surface area contributed by atoms with Crippen molar-refractivity contribution in [1.29, 1.82) is 0 Å². The van der Waals surface area contributed by atoms with Crippen molar-refractivity contribution in [2.75, 3.05) is 14.7 Å². The highest BCUT2D eigenvalue weighted by Crippen LogP contribution is 2.55. The SMILES string of the molecule is [2H]C([2H])([2H])c1cc2c3c(c1)N(c1cccc4c1sc1cc(C(C)(C)C)ccc14)c1cc(N(c4ccc(C(C)(C)C)cc4)c4ccc(C(C)(C)C)cc4)ccc1B3c1cc3c(cc1N2c1ccc2c(c1)C(C)(C)CCC2(C)C)C(C)(C)CCC3(C)C. The molecule has 0 unspecified atom stereocenters. The van der Waals surface area contributed by atoms with Crippen LogP contribution in [-0.2, 0) is 37.9 Å². The molecule has 9 aromatic rings. The van der Waals surface area contributed by atoms with Crippen molar-refractivity contribution in [1.82, 2.24) is 0 Å². The molecule has 13 rings (SSSR count). The first-order valence-corrected chi connectivity index (χ1v) is 31.2. The van der Waals surface area contributed by atoms with Crippen LogP contribution in [0.5, 0.6) is 0 Å². The second kappa shape index (κ2) is 18.2. The van der Waals surface area contributed by atoms with Crippen LogP contribution in [0.15, 0.2) is 146 Å². The smallest absolute Gasteiger partial charge is 0.252 e. The second-order valence-corrected chi connectivity index (χ2v) is 31.7. The molecule has 0 N–H and O–H groups in total. The van der Waals surface area contributed by atoms with Crippen LogP contribution >= 0.6 is 11.3 Å². The van der Waals surface area contributed by atoms with Gasteiger partial charge in [0.05, 0.1) is 10.4 Å². The van der Waals surface area contributed by atoms with E-state index < -0.39 is 6.85 Å². The van der Waals surface area contributed by atoms with E-state index in [4.69, 9.17) is 0 Å². The highest BCUT2D eigenvalue weighted by atomic mass is 32.1. The van der Waals surface area contributed by atoms with E-state index in [1.807, 2.05) is 23.5 Å². The fourth-order valence-corrected chi connectivity index (χ4v) is 15.8. The van der Waals surface area contributed by atoms with Crippen molar-refractivity contribution in [2.45, 2.75) is 188 Å². The summed E-state index contributed by atoms with van der Waals surface area (Å²) in [6, 6.07) is 55.7. The number of anilines is 9. The van der Waals surface area contributed by atoms with Crippen LogP contribution in [0, 0.1) is 6.85 Å². The van der Waals surface area contributed by atoms with Crippen LogP contribution in [0.2, 0.25) is 0 Å². The zero-order valence-electron chi connectivity index (χ0n) is 55.0. The Hall–Kier alpha value is -6.56. The number of thiophene rings is 1. The lowest BCUT2D eigenvalue weighted by Gasteiger charge is -2.48. The molecular formula is C77H86BN3S. The average Bonchev–Trinajstić information content (AvgIpc) is 0.922. The molecule has 0 saturated heterocycles. The lowest BCUT2D eigenvalue weighted by molar-refractivity contribution is 0.332. The molecule has 3 nitrogen and oxygen atoms in total. The minimum atomic E-state index is -2.42. The second-order valence-electron chi connectivity index (χ2n) is 30.6. The predicted molar refractivity (Wildman–Crippen MR) is 359 cm³/mol. The number of fused-ring (bicyclic) bond motifs is 9. The first-order valence-electron chi connectivity index (χ1n) is 31.9. The lowest BCUT2D eigenvalue weighted by atomic mass is 9.33. The van der Waals surface area contributed by atoms with Crippen LogP contribution < -0.4 is 31.1 Å². The third-order valence-corrected chi connectivity index (χ3v) is 21.1. The van der Waals surface area contributed by atoms with Gasteiger partial charge in [-0.05, 0) is 210 Å².